The number of ether oxygens (including phenoxy) is 1. The fraction of sp³-hybridized carbons (Fsp3) is 0.667. The summed E-state index contributed by atoms with van der Waals surface area (Å²) in [6.45, 7) is -0.646. The van der Waals surface area contributed by atoms with E-state index in [4.69, 9.17) is 25.5 Å². The van der Waals surface area contributed by atoms with E-state index in [9.17, 15) is 0 Å². The third kappa shape index (κ3) is 1.37. The summed E-state index contributed by atoms with van der Waals surface area (Å²) in [7, 11) is 0. The molecule has 0 unspecified atom stereocenters. The van der Waals surface area contributed by atoms with E-state index in [0.717, 1.165) is 0 Å². The van der Waals surface area contributed by atoms with E-state index in [2.05, 4.69) is 4.74 Å². The van der Waals surface area contributed by atoms with Gasteiger partial charge in [0.25, 0.3) is 0 Å². The molecular weight excluding hydrogens is 168 g/mol. The van der Waals surface area contributed by atoms with Crippen LogP contribution in [-0.2, 0) is 4.74 Å². The molecule has 1 aliphatic rings. The molecule has 0 aromatic rings. The summed E-state index contributed by atoms with van der Waals surface area (Å²) >= 11 is 0. The molecule has 1 heterocycles. The van der Waals surface area contributed by atoms with Crippen LogP contribution in [0, 0.1) is 0 Å². The van der Waals surface area contributed by atoms with Crippen molar-refractivity contribution < 1.29 is 30.3 Å². The van der Waals surface area contributed by atoms with Crippen molar-refractivity contribution in [1.82, 2.24) is 0 Å². The molecule has 0 aromatic carbocycles. The Balaban J connectivity index is 2.87. The van der Waals surface area contributed by atoms with Crippen LogP contribution < -0.4 is 0 Å². The maximum Gasteiger partial charge on any atom is 0.226 e. The van der Waals surface area contributed by atoms with E-state index in [1.807, 2.05) is 0 Å². The lowest BCUT2D eigenvalue weighted by Gasteiger charge is -2.29. The van der Waals surface area contributed by atoms with Crippen molar-refractivity contribution in [3.8, 4) is 0 Å². The van der Waals surface area contributed by atoms with Crippen LogP contribution in [0.2, 0.25) is 0 Å². The average Bonchev–Trinajstić information content (AvgIpc) is 2.08. The minimum atomic E-state index is -1.63. The fourth-order valence-corrected chi connectivity index (χ4v) is 0.877. The number of hydrogen-bond donors (Lipinski definition) is 5. The van der Waals surface area contributed by atoms with Crippen LogP contribution in [-0.4, -0.2) is 50.6 Å². The summed E-state index contributed by atoms with van der Waals surface area (Å²) in [6.07, 6.45) is -4.84. The molecule has 0 fully saturated rings. The first-order chi connectivity index (χ1) is 5.57. The van der Waals surface area contributed by atoms with Crippen molar-refractivity contribution in [2.24, 2.45) is 0 Å². The zero-order valence-corrected chi connectivity index (χ0v) is 6.08. The molecule has 1 aliphatic heterocycles. The highest BCUT2D eigenvalue weighted by atomic mass is 16.6. The van der Waals surface area contributed by atoms with Gasteiger partial charge in [0, 0.05) is 0 Å². The van der Waals surface area contributed by atoms with Crippen molar-refractivity contribution in [3.63, 3.8) is 0 Å². The standard InChI is InChI=1S/C6H10O6/c7-1-2-3(8)4(9)5(10)6(11)12-2/h4-11H,1H2/t4-,5+,6-/m0/s1. The quantitative estimate of drug-likeness (QED) is 0.312. The second kappa shape index (κ2) is 3.28. The van der Waals surface area contributed by atoms with Crippen molar-refractivity contribution in [1.29, 1.82) is 0 Å². The molecule has 6 nitrogen and oxygen atoms in total. The normalized spacial score (nSPS) is 36.5. The van der Waals surface area contributed by atoms with Crippen LogP contribution in [0.1, 0.15) is 0 Å². The molecule has 3 atom stereocenters. The van der Waals surface area contributed by atoms with Crippen molar-refractivity contribution in [2.45, 2.75) is 18.5 Å². The summed E-state index contributed by atoms with van der Waals surface area (Å²) < 4.78 is 4.46. The van der Waals surface area contributed by atoms with Crippen LogP contribution >= 0.6 is 0 Å². The number of aliphatic hydroxyl groups is 5. The van der Waals surface area contributed by atoms with E-state index in [1.165, 1.54) is 0 Å². The highest BCUT2D eigenvalue weighted by Gasteiger charge is 2.36. The van der Waals surface area contributed by atoms with Gasteiger partial charge in [-0.1, -0.05) is 0 Å². The van der Waals surface area contributed by atoms with Gasteiger partial charge in [-0.15, -0.1) is 0 Å². The summed E-state index contributed by atoms with van der Waals surface area (Å²) in [5.74, 6) is -0.990. The molecule has 0 radical (unpaired) electrons. The lowest BCUT2D eigenvalue weighted by atomic mass is 10.1. The molecule has 70 valence electrons. The SMILES string of the molecule is OCC1=C(O)[C@H](O)[C@@H](O)[C@@H](O)O1. The van der Waals surface area contributed by atoms with Gasteiger partial charge in [0.1, 0.15) is 18.8 Å². The lowest BCUT2D eigenvalue weighted by molar-refractivity contribution is -0.190. The minimum Gasteiger partial charge on any atom is -0.506 e. The summed E-state index contributed by atoms with van der Waals surface area (Å²) in [5.41, 5.74) is 0. The van der Waals surface area contributed by atoms with E-state index in [1.54, 1.807) is 0 Å². The molecule has 0 spiro atoms. The first-order valence-corrected chi connectivity index (χ1v) is 3.31. The van der Waals surface area contributed by atoms with Gasteiger partial charge in [0.2, 0.25) is 6.29 Å². The summed E-state index contributed by atoms with van der Waals surface area (Å²) in [4.78, 5) is 0. The molecule has 0 amide bonds. The Bertz CT molecular complexity index is 200. The molecule has 0 saturated heterocycles. The Morgan fingerprint density at radius 3 is 2.33 bits per heavy atom. The monoisotopic (exact) mass is 178 g/mol. The van der Waals surface area contributed by atoms with Crippen molar-refractivity contribution in [2.75, 3.05) is 6.61 Å². The molecule has 0 bridgehead atoms. The van der Waals surface area contributed by atoms with Gasteiger partial charge in [-0.2, -0.15) is 0 Å². The highest BCUT2D eigenvalue weighted by Crippen LogP contribution is 2.21. The second-order valence-electron chi connectivity index (χ2n) is 2.41. The van der Waals surface area contributed by atoms with Gasteiger partial charge in [-0.25, -0.2) is 0 Å². The van der Waals surface area contributed by atoms with Crippen LogP contribution in [0.25, 0.3) is 0 Å². The molecular formula is C6H10O6. The van der Waals surface area contributed by atoms with Crippen LogP contribution in [0.15, 0.2) is 11.5 Å². The predicted octanol–water partition coefficient (Wildman–Crippen LogP) is -2.18. The average molecular weight is 178 g/mol. The first-order valence-electron chi connectivity index (χ1n) is 3.31. The number of rotatable bonds is 1. The molecule has 5 N–H and O–H groups in total. The Hall–Kier alpha value is -0.820. The van der Waals surface area contributed by atoms with Crippen molar-refractivity contribution >= 4 is 0 Å². The third-order valence-corrected chi connectivity index (χ3v) is 1.59. The maximum atomic E-state index is 9.01. The highest BCUT2D eigenvalue weighted by molar-refractivity contribution is 5.11. The van der Waals surface area contributed by atoms with Crippen LogP contribution in [0.5, 0.6) is 0 Å². The van der Waals surface area contributed by atoms with Crippen LogP contribution in [0.4, 0.5) is 0 Å². The molecule has 6 heteroatoms. The van der Waals surface area contributed by atoms with E-state index >= 15 is 0 Å². The van der Waals surface area contributed by atoms with Gasteiger partial charge in [0.05, 0.1) is 0 Å². The topological polar surface area (TPSA) is 110 Å². The molecule has 12 heavy (non-hydrogen) atoms. The lowest BCUT2D eigenvalue weighted by Crippen LogP contribution is -2.44. The summed E-state index contributed by atoms with van der Waals surface area (Å²) in [5, 5.41) is 44.4. The van der Waals surface area contributed by atoms with Gasteiger partial charge >= 0.3 is 0 Å². The second-order valence-corrected chi connectivity index (χ2v) is 2.41. The number of aliphatic hydroxyl groups excluding tert-OH is 5. The van der Waals surface area contributed by atoms with E-state index in [0.29, 0.717) is 0 Å². The summed E-state index contributed by atoms with van der Waals surface area (Å²) in [6, 6.07) is 0. The Morgan fingerprint density at radius 1 is 1.25 bits per heavy atom. The van der Waals surface area contributed by atoms with Crippen LogP contribution in [0.3, 0.4) is 0 Å². The zero-order chi connectivity index (χ0) is 9.30. The molecule has 0 aromatic heterocycles. The molecule has 1 rings (SSSR count). The van der Waals surface area contributed by atoms with Gasteiger partial charge in [-0.05, 0) is 0 Å². The van der Waals surface area contributed by atoms with E-state index in [-0.39, 0.29) is 5.76 Å². The van der Waals surface area contributed by atoms with Gasteiger partial charge in [-0.3, -0.25) is 0 Å². The largest absolute Gasteiger partial charge is 0.506 e. The predicted molar refractivity (Wildman–Crippen MR) is 35.8 cm³/mol. The maximum absolute atomic E-state index is 9.01. The molecule has 0 saturated carbocycles. The Kier molecular flexibility index (Phi) is 2.53. The smallest absolute Gasteiger partial charge is 0.226 e. The molecule has 0 aliphatic carbocycles. The van der Waals surface area contributed by atoms with Crippen molar-refractivity contribution in [3.05, 3.63) is 11.5 Å². The number of hydrogen-bond acceptors (Lipinski definition) is 6. The minimum absolute atomic E-state index is 0.333. The first kappa shape index (κ1) is 9.27. The fourth-order valence-electron chi connectivity index (χ4n) is 0.877. The zero-order valence-electron chi connectivity index (χ0n) is 6.08. The Labute approximate surface area is 68.0 Å². The Morgan fingerprint density at radius 2 is 1.83 bits per heavy atom. The third-order valence-electron chi connectivity index (χ3n) is 1.59. The van der Waals surface area contributed by atoms with E-state index < -0.39 is 30.9 Å². The van der Waals surface area contributed by atoms with Gasteiger partial charge < -0.3 is 30.3 Å². The van der Waals surface area contributed by atoms with Gasteiger partial charge in [0.15, 0.2) is 11.5 Å².